The minimum absolute atomic E-state index is 0.459. The Hall–Kier alpha value is -3.78. The van der Waals surface area contributed by atoms with Gasteiger partial charge in [-0.15, -0.1) is 10.2 Å². The smallest absolute Gasteiger partial charge is 0.247 e. The molecule has 0 saturated carbocycles. The van der Waals surface area contributed by atoms with E-state index in [0.29, 0.717) is 41.4 Å². The van der Waals surface area contributed by atoms with Gasteiger partial charge in [-0.3, -0.25) is 0 Å². The van der Waals surface area contributed by atoms with Crippen molar-refractivity contribution in [1.82, 2.24) is 15.2 Å². The van der Waals surface area contributed by atoms with Gasteiger partial charge in [0.1, 0.15) is 6.61 Å². The van der Waals surface area contributed by atoms with E-state index < -0.39 is 6.23 Å². The summed E-state index contributed by atoms with van der Waals surface area (Å²) in [5, 5.41) is 13.1. The molecular formula is C31H34N4O3S. The molecule has 1 atom stereocenters. The number of nitrogens with zero attached hydrogens (tertiary/aromatic N) is 3. The van der Waals surface area contributed by atoms with E-state index in [9.17, 15) is 0 Å². The third-order valence-corrected chi connectivity index (χ3v) is 7.29. The van der Waals surface area contributed by atoms with Gasteiger partial charge in [0.2, 0.25) is 11.0 Å². The van der Waals surface area contributed by atoms with Gasteiger partial charge in [-0.25, -0.2) is 0 Å². The highest BCUT2D eigenvalue weighted by Crippen LogP contribution is 2.41. The predicted molar refractivity (Wildman–Crippen MR) is 156 cm³/mol. The van der Waals surface area contributed by atoms with E-state index in [1.54, 1.807) is 11.8 Å². The van der Waals surface area contributed by atoms with Gasteiger partial charge in [0.25, 0.3) is 0 Å². The first kappa shape index (κ1) is 26.8. The number of ether oxygens (including phenoxy) is 3. The van der Waals surface area contributed by atoms with Crippen LogP contribution < -0.4 is 19.5 Å². The zero-order valence-corrected chi connectivity index (χ0v) is 23.2. The van der Waals surface area contributed by atoms with Crippen molar-refractivity contribution in [3.63, 3.8) is 0 Å². The maximum absolute atomic E-state index is 6.48. The van der Waals surface area contributed by atoms with Crippen LogP contribution in [0.2, 0.25) is 0 Å². The number of thioether (sulfide) groups is 1. The molecule has 1 aliphatic rings. The molecule has 202 valence electrons. The molecule has 39 heavy (non-hydrogen) atoms. The minimum atomic E-state index is -0.506. The molecule has 0 aliphatic carbocycles. The lowest BCUT2D eigenvalue weighted by atomic mass is 10.1. The molecule has 1 aromatic heterocycles. The number of hydrogen-bond donors (Lipinski definition) is 1. The number of unbranched alkanes of at least 4 members (excludes halogenated alkanes) is 3. The summed E-state index contributed by atoms with van der Waals surface area (Å²) < 4.78 is 18.6. The van der Waals surface area contributed by atoms with Gasteiger partial charge in [0.15, 0.2) is 23.4 Å². The number of anilines is 1. The standard InChI is InChI=1S/C31H34N4O3S/c1-3-5-6-12-19-39-31-33-30-28(34-35-31)24-15-10-11-16-25(24)32-29(38-30)23-17-18-26(27(20-23)36-4-2)37-21-22-13-8-7-9-14-22/h7-11,13-18,20,29,32H,3-6,12,19,21H2,1-2H3/t29-/m1/s1. The van der Waals surface area contributed by atoms with Crippen LogP contribution >= 0.6 is 11.8 Å². The van der Waals surface area contributed by atoms with Crippen molar-refractivity contribution in [3.05, 3.63) is 83.9 Å². The predicted octanol–water partition coefficient (Wildman–Crippen LogP) is 7.69. The quantitative estimate of drug-likeness (QED) is 0.144. The summed E-state index contributed by atoms with van der Waals surface area (Å²) in [4.78, 5) is 4.78. The zero-order chi connectivity index (χ0) is 26.9. The molecule has 0 fully saturated rings. The normalized spacial score (nSPS) is 13.8. The summed E-state index contributed by atoms with van der Waals surface area (Å²) in [7, 11) is 0. The summed E-state index contributed by atoms with van der Waals surface area (Å²) in [6, 6.07) is 24.0. The molecule has 0 unspecified atom stereocenters. The second kappa shape index (κ2) is 13.3. The van der Waals surface area contributed by atoms with E-state index >= 15 is 0 Å². The maximum Gasteiger partial charge on any atom is 0.247 e. The first-order valence-corrected chi connectivity index (χ1v) is 14.6. The third-order valence-electron chi connectivity index (χ3n) is 6.37. The van der Waals surface area contributed by atoms with Crippen LogP contribution in [0.15, 0.2) is 78.0 Å². The largest absolute Gasteiger partial charge is 0.490 e. The SMILES string of the molecule is CCCCCCSc1nnc2c(n1)O[C@H](c1ccc(OCc3ccccc3)c(OCC)c1)Nc1ccccc1-2. The molecule has 5 rings (SSSR count). The van der Waals surface area contributed by atoms with E-state index in [2.05, 4.69) is 22.4 Å². The molecule has 2 heterocycles. The van der Waals surface area contributed by atoms with Crippen LogP contribution in [0, 0.1) is 0 Å². The average molecular weight is 543 g/mol. The molecule has 0 bridgehead atoms. The van der Waals surface area contributed by atoms with Crippen LogP contribution in [0.4, 0.5) is 5.69 Å². The van der Waals surface area contributed by atoms with Crippen molar-refractivity contribution >= 4 is 17.4 Å². The van der Waals surface area contributed by atoms with Gasteiger partial charge in [-0.1, -0.05) is 86.5 Å². The number of aromatic nitrogens is 3. The Morgan fingerprint density at radius 3 is 2.56 bits per heavy atom. The van der Waals surface area contributed by atoms with E-state index in [-0.39, 0.29) is 0 Å². The van der Waals surface area contributed by atoms with Gasteiger partial charge in [0, 0.05) is 22.6 Å². The molecule has 0 radical (unpaired) electrons. The fourth-order valence-corrected chi connectivity index (χ4v) is 5.14. The van der Waals surface area contributed by atoms with Crippen molar-refractivity contribution in [2.45, 2.75) is 57.5 Å². The van der Waals surface area contributed by atoms with Crippen molar-refractivity contribution in [2.24, 2.45) is 0 Å². The van der Waals surface area contributed by atoms with E-state index in [4.69, 9.17) is 19.2 Å². The Morgan fingerprint density at radius 1 is 0.872 bits per heavy atom. The summed E-state index contributed by atoms with van der Waals surface area (Å²) in [5.41, 5.74) is 4.42. The number of fused-ring (bicyclic) bond motifs is 3. The monoisotopic (exact) mass is 542 g/mol. The van der Waals surface area contributed by atoms with Crippen LogP contribution in [-0.4, -0.2) is 27.5 Å². The lowest BCUT2D eigenvalue weighted by Gasteiger charge is -2.21. The Balaban J connectivity index is 1.40. The summed E-state index contributed by atoms with van der Waals surface area (Å²) in [6.45, 7) is 5.16. The van der Waals surface area contributed by atoms with Crippen LogP contribution in [0.25, 0.3) is 11.3 Å². The Kier molecular flexibility index (Phi) is 9.17. The Bertz CT molecular complexity index is 1370. The fourth-order valence-electron chi connectivity index (χ4n) is 4.36. The lowest BCUT2D eigenvalue weighted by Crippen LogP contribution is -2.17. The first-order chi connectivity index (χ1) is 19.2. The van der Waals surface area contributed by atoms with E-state index in [0.717, 1.165) is 34.6 Å². The number of para-hydroxylation sites is 1. The molecule has 1 aliphatic heterocycles. The first-order valence-electron chi connectivity index (χ1n) is 13.6. The zero-order valence-electron chi connectivity index (χ0n) is 22.4. The van der Waals surface area contributed by atoms with Gasteiger partial charge < -0.3 is 19.5 Å². The molecule has 7 nitrogen and oxygen atoms in total. The molecule has 8 heteroatoms. The molecule has 0 saturated heterocycles. The molecule has 4 aromatic rings. The third kappa shape index (κ3) is 6.81. The highest BCUT2D eigenvalue weighted by Gasteiger charge is 2.27. The van der Waals surface area contributed by atoms with Crippen molar-refractivity contribution in [1.29, 1.82) is 0 Å². The van der Waals surface area contributed by atoms with Crippen molar-refractivity contribution in [3.8, 4) is 28.6 Å². The highest BCUT2D eigenvalue weighted by atomic mass is 32.2. The average Bonchev–Trinajstić information content (AvgIpc) is 3.14. The van der Waals surface area contributed by atoms with Gasteiger partial charge >= 0.3 is 0 Å². The second-order valence-electron chi connectivity index (χ2n) is 9.26. The molecular weight excluding hydrogens is 508 g/mol. The van der Waals surface area contributed by atoms with Gasteiger partial charge in [0.05, 0.1) is 6.61 Å². The fraction of sp³-hybridized carbons (Fsp3) is 0.323. The van der Waals surface area contributed by atoms with Crippen LogP contribution in [0.1, 0.15) is 56.9 Å². The molecule has 3 aromatic carbocycles. The van der Waals surface area contributed by atoms with Crippen LogP contribution in [0.5, 0.6) is 17.4 Å². The second-order valence-corrected chi connectivity index (χ2v) is 10.3. The highest BCUT2D eigenvalue weighted by molar-refractivity contribution is 7.99. The lowest BCUT2D eigenvalue weighted by molar-refractivity contribution is 0.223. The molecule has 0 spiro atoms. The Morgan fingerprint density at radius 2 is 1.72 bits per heavy atom. The molecule has 1 N–H and O–H groups in total. The summed E-state index contributed by atoms with van der Waals surface area (Å²) in [5.74, 6) is 2.77. The summed E-state index contributed by atoms with van der Waals surface area (Å²) in [6.07, 6.45) is 4.30. The Labute approximate surface area is 234 Å². The van der Waals surface area contributed by atoms with Crippen molar-refractivity contribution < 1.29 is 14.2 Å². The molecule has 0 amide bonds. The number of hydrogen-bond acceptors (Lipinski definition) is 8. The van der Waals surface area contributed by atoms with Gasteiger partial charge in [-0.05, 0) is 43.2 Å². The van der Waals surface area contributed by atoms with Gasteiger partial charge in [-0.2, -0.15) is 4.98 Å². The van der Waals surface area contributed by atoms with Crippen LogP contribution in [0.3, 0.4) is 0 Å². The maximum atomic E-state index is 6.48. The van der Waals surface area contributed by atoms with Crippen LogP contribution in [-0.2, 0) is 6.61 Å². The summed E-state index contributed by atoms with van der Waals surface area (Å²) >= 11 is 1.62. The minimum Gasteiger partial charge on any atom is -0.490 e. The number of rotatable bonds is 12. The number of benzene rings is 3. The number of nitrogens with one attached hydrogen (secondary N) is 1. The topological polar surface area (TPSA) is 78.4 Å². The van der Waals surface area contributed by atoms with Crippen molar-refractivity contribution in [2.75, 3.05) is 17.7 Å². The van der Waals surface area contributed by atoms with E-state index in [1.165, 1.54) is 19.3 Å². The van der Waals surface area contributed by atoms with E-state index in [1.807, 2.05) is 79.7 Å².